The van der Waals surface area contributed by atoms with E-state index in [1.807, 2.05) is 38.2 Å². The van der Waals surface area contributed by atoms with Gasteiger partial charge in [0.05, 0.1) is 6.54 Å². The summed E-state index contributed by atoms with van der Waals surface area (Å²) in [6.07, 6.45) is 1.22. The highest BCUT2D eigenvalue weighted by molar-refractivity contribution is 6.30. The van der Waals surface area contributed by atoms with E-state index in [4.69, 9.17) is 16.3 Å². The molecule has 0 aliphatic carbocycles. The minimum absolute atomic E-state index is 0.162. The number of likely N-dealkylation sites (N-methyl/N-ethyl adjacent to an activating group) is 1. The number of ether oxygens (including phenoxy) is 1. The lowest BCUT2D eigenvalue weighted by molar-refractivity contribution is -0.132. The summed E-state index contributed by atoms with van der Waals surface area (Å²) in [7, 11) is 3.50. The van der Waals surface area contributed by atoms with Crippen LogP contribution >= 0.6 is 11.6 Å². The van der Waals surface area contributed by atoms with Gasteiger partial charge in [0.2, 0.25) is 5.91 Å². The molecule has 6 nitrogen and oxygen atoms in total. The van der Waals surface area contributed by atoms with Crippen LogP contribution in [0.5, 0.6) is 0 Å². The first kappa shape index (κ1) is 19.5. The Labute approximate surface area is 154 Å². The van der Waals surface area contributed by atoms with Crippen molar-refractivity contribution in [3.63, 3.8) is 0 Å². The highest BCUT2D eigenvalue weighted by atomic mass is 35.5. The lowest BCUT2D eigenvalue weighted by Gasteiger charge is -2.31. The van der Waals surface area contributed by atoms with Crippen LogP contribution < -0.4 is 10.6 Å². The molecule has 1 aliphatic rings. The number of carbonyl (C=O) groups is 1. The normalized spacial score (nSPS) is 19.7. The fourth-order valence-corrected chi connectivity index (χ4v) is 3.04. The van der Waals surface area contributed by atoms with Gasteiger partial charge >= 0.3 is 0 Å². The predicted molar refractivity (Wildman–Crippen MR) is 101 cm³/mol. The number of methoxy groups -OCH3 is 1. The van der Waals surface area contributed by atoms with E-state index in [1.54, 1.807) is 12.0 Å². The van der Waals surface area contributed by atoms with E-state index in [-0.39, 0.29) is 18.1 Å². The Hall–Kier alpha value is -1.79. The number of guanidine groups is 1. The second kappa shape index (κ2) is 9.63. The maximum absolute atomic E-state index is 11.6. The summed E-state index contributed by atoms with van der Waals surface area (Å²) in [4.78, 5) is 18.0. The van der Waals surface area contributed by atoms with Crippen molar-refractivity contribution in [1.82, 2.24) is 15.5 Å². The van der Waals surface area contributed by atoms with Gasteiger partial charge in [0.25, 0.3) is 0 Å². The number of hydrogen-bond donors (Lipinski definition) is 2. The molecule has 1 fully saturated rings. The topological polar surface area (TPSA) is 66.0 Å². The molecule has 2 unspecified atom stereocenters. The molecule has 2 rings (SSSR count). The Morgan fingerprint density at radius 2 is 2.32 bits per heavy atom. The number of amides is 1. The minimum atomic E-state index is -0.162. The van der Waals surface area contributed by atoms with E-state index in [0.29, 0.717) is 24.5 Å². The molecule has 0 bridgehead atoms. The van der Waals surface area contributed by atoms with Crippen LogP contribution in [0.2, 0.25) is 5.02 Å². The average molecular weight is 367 g/mol. The second-order valence-electron chi connectivity index (χ2n) is 6.15. The quantitative estimate of drug-likeness (QED) is 0.598. The first-order valence-corrected chi connectivity index (χ1v) is 8.98. The third-order valence-electron chi connectivity index (χ3n) is 4.23. The maximum atomic E-state index is 11.6. The minimum Gasteiger partial charge on any atom is -0.375 e. The highest BCUT2D eigenvalue weighted by Crippen LogP contribution is 2.20. The molecule has 1 aromatic rings. The number of nitrogens with zero attached hydrogens (tertiary/aromatic N) is 2. The predicted octanol–water partition coefficient (Wildman–Crippen LogP) is 2.20. The van der Waals surface area contributed by atoms with Crippen LogP contribution in [0.1, 0.15) is 31.4 Å². The van der Waals surface area contributed by atoms with Crippen LogP contribution in [0.15, 0.2) is 29.3 Å². The van der Waals surface area contributed by atoms with Gasteiger partial charge in [-0.25, -0.2) is 0 Å². The average Bonchev–Trinajstić information content (AvgIpc) is 2.59. The van der Waals surface area contributed by atoms with Crippen molar-refractivity contribution in [2.75, 3.05) is 33.8 Å². The number of likely N-dealkylation sites (tertiary alicyclic amines) is 1. The zero-order chi connectivity index (χ0) is 18.2. The van der Waals surface area contributed by atoms with E-state index in [2.05, 4.69) is 15.6 Å². The molecule has 138 valence electrons. The first-order valence-electron chi connectivity index (χ1n) is 8.60. The molecule has 25 heavy (non-hydrogen) atoms. The standard InChI is InChI=1S/C18H27ClN4O2/c1-4-20-18(22-15-8-9-17(24)23(2)12-15)21-11-16(25-3)13-6-5-7-14(19)10-13/h5-7,10,15-16H,4,8-9,11-12H2,1-3H3,(H2,20,21,22). The summed E-state index contributed by atoms with van der Waals surface area (Å²) in [6.45, 7) is 3.96. The molecular formula is C18H27ClN4O2. The summed E-state index contributed by atoms with van der Waals surface area (Å²) < 4.78 is 5.57. The van der Waals surface area contributed by atoms with Gasteiger partial charge in [-0.15, -0.1) is 0 Å². The molecule has 0 radical (unpaired) electrons. The summed E-state index contributed by atoms with van der Waals surface area (Å²) in [5, 5.41) is 7.35. The molecule has 0 saturated carbocycles. The molecular weight excluding hydrogens is 340 g/mol. The molecule has 1 aromatic carbocycles. The molecule has 1 saturated heterocycles. The number of piperidine rings is 1. The van der Waals surface area contributed by atoms with Gasteiger partial charge in [0.15, 0.2) is 5.96 Å². The Morgan fingerprint density at radius 1 is 1.52 bits per heavy atom. The van der Waals surface area contributed by atoms with Gasteiger partial charge in [-0.2, -0.15) is 0 Å². The van der Waals surface area contributed by atoms with Gasteiger partial charge in [-0.3, -0.25) is 9.79 Å². The number of hydrogen-bond acceptors (Lipinski definition) is 3. The monoisotopic (exact) mass is 366 g/mol. The van der Waals surface area contributed by atoms with E-state index in [0.717, 1.165) is 24.5 Å². The van der Waals surface area contributed by atoms with Crippen LogP contribution in [0, 0.1) is 0 Å². The summed E-state index contributed by atoms with van der Waals surface area (Å²) in [5.74, 6) is 0.930. The number of aliphatic imine (C=N–C) groups is 1. The van der Waals surface area contributed by atoms with Crippen molar-refractivity contribution in [3.8, 4) is 0 Å². The van der Waals surface area contributed by atoms with Crippen LogP contribution in [0.3, 0.4) is 0 Å². The number of benzene rings is 1. The lowest BCUT2D eigenvalue weighted by Crippen LogP contribution is -2.51. The summed E-state index contributed by atoms with van der Waals surface area (Å²) in [6, 6.07) is 7.83. The van der Waals surface area contributed by atoms with Crippen molar-refractivity contribution in [3.05, 3.63) is 34.9 Å². The van der Waals surface area contributed by atoms with Gasteiger partial charge in [-0.05, 0) is 31.0 Å². The largest absolute Gasteiger partial charge is 0.375 e. The molecule has 1 amide bonds. The smallest absolute Gasteiger partial charge is 0.222 e. The SMILES string of the molecule is CCNC(=NCC(OC)c1cccc(Cl)c1)NC1CCC(=O)N(C)C1. The molecule has 1 aliphatic heterocycles. The molecule has 7 heteroatoms. The lowest BCUT2D eigenvalue weighted by atomic mass is 10.1. The molecule has 1 heterocycles. The molecule has 2 atom stereocenters. The number of nitrogens with one attached hydrogen (secondary N) is 2. The Morgan fingerprint density at radius 3 is 2.96 bits per heavy atom. The van der Waals surface area contributed by atoms with E-state index in [1.165, 1.54) is 0 Å². The fraction of sp³-hybridized carbons (Fsp3) is 0.556. The number of halogens is 1. The fourth-order valence-electron chi connectivity index (χ4n) is 2.84. The van der Waals surface area contributed by atoms with E-state index in [9.17, 15) is 4.79 Å². The van der Waals surface area contributed by atoms with Crippen LogP contribution in [-0.4, -0.2) is 56.6 Å². The van der Waals surface area contributed by atoms with Crippen molar-refractivity contribution >= 4 is 23.5 Å². The van der Waals surface area contributed by atoms with Crippen molar-refractivity contribution < 1.29 is 9.53 Å². The highest BCUT2D eigenvalue weighted by Gasteiger charge is 2.23. The van der Waals surface area contributed by atoms with Crippen molar-refractivity contribution in [1.29, 1.82) is 0 Å². The maximum Gasteiger partial charge on any atom is 0.222 e. The Bertz CT molecular complexity index is 608. The zero-order valence-corrected chi connectivity index (χ0v) is 15.8. The third kappa shape index (κ3) is 5.90. The van der Waals surface area contributed by atoms with Crippen LogP contribution in [0.25, 0.3) is 0 Å². The van der Waals surface area contributed by atoms with E-state index >= 15 is 0 Å². The van der Waals surface area contributed by atoms with E-state index < -0.39 is 0 Å². The third-order valence-corrected chi connectivity index (χ3v) is 4.47. The van der Waals surface area contributed by atoms with Gasteiger partial charge < -0.3 is 20.3 Å². The van der Waals surface area contributed by atoms with Crippen LogP contribution in [0.4, 0.5) is 0 Å². The van der Waals surface area contributed by atoms with Gasteiger partial charge in [0, 0.05) is 44.7 Å². The second-order valence-corrected chi connectivity index (χ2v) is 6.59. The van der Waals surface area contributed by atoms with Crippen LogP contribution in [-0.2, 0) is 9.53 Å². The Balaban J connectivity index is 2.01. The van der Waals surface area contributed by atoms with Crippen molar-refractivity contribution in [2.24, 2.45) is 4.99 Å². The zero-order valence-electron chi connectivity index (χ0n) is 15.1. The van der Waals surface area contributed by atoms with Crippen molar-refractivity contribution in [2.45, 2.75) is 31.9 Å². The molecule has 2 N–H and O–H groups in total. The number of carbonyl (C=O) groups excluding carboxylic acids is 1. The number of rotatable bonds is 6. The molecule has 0 spiro atoms. The van der Waals surface area contributed by atoms with Gasteiger partial charge in [0.1, 0.15) is 6.10 Å². The Kier molecular flexibility index (Phi) is 7.52. The summed E-state index contributed by atoms with van der Waals surface area (Å²) >= 11 is 6.06. The van der Waals surface area contributed by atoms with Gasteiger partial charge in [-0.1, -0.05) is 23.7 Å². The molecule has 0 aromatic heterocycles. The summed E-state index contributed by atoms with van der Waals surface area (Å²) in [5.41, 5.74) is 0.998. The first-order chi connectivity index (χ1) is 12.0.